The Morgan fingerprint density at radius 3 is 2.47 bits per heavy atom. The number of aliphatic hydroxyl groups is 1. The molecule has 1 aliphatic heterocycles. The predicted molar refractivity (Wildman–Crippen MR) is 78.3 cm³/mol. The Morgan fingerprint density at radius 2 is 1.74 bits per heavy atom. The van der Waals surface area contributed by atoms with Gasteiger partial charge in [-0.2, -0.15) is 0 Å². The van der Waals surface area contributed by atoms with Crippen LogP contribution in [-0.4, -0.2) is 29.7 Å². The number of hydrogen-bond donors (Lipinski definition) is 1. The normalized spacial score (nSPS) is 21.3. The van der Waals surface area contributed by atoms with Gasteiger partial charge in [-0.3, -0.25) is 4.90 Å². The molecule has 1 aromatic carbocycles. The van der Waals surface area contributed by atoms with E-state index in [-0.39, 0.29) is 6.61 Å². The summed E-state index contributed by atoms with van der Waals surface area (Å²) in [5.41, 5.74) is 4.54. The number of rotatable bonds is 4. The summed E-state index contributed by atoms with van der Waals surface area (Å²) in [6, 6.07) is 7.50. The molecule has 0 aromatic heterocycles. The average Bonchev–Trinajstić information content (AvgIpc) is 2.98. The third-order valence-corrected chi connectivity index (χ3v) is 4.74. The third kappa shape index (κ3) is 2.85. The second-order valence-electron chi connectivity index (χ2n) is 6.01. The van der Waals surface area contributed by atoms with Crippen LogP contribution in [0.15, 0.2) is 18.2 Å². The molecule has 1 aromatic rings. The molecular formula is C17H25NO. The lowest BCUT2D eigenvalue weighted by molar-refractivity contribution is 0.185. The molecule has 104 valence electrons. The van der Waals surface area contributed by atoms with E-state index < -0.39 is 0 Å². The standard InChI is InChI=1S/C17H25NO/c19-12-9-17(18-10-3-4-11-18)16-8-7-14-5-1-2-6-15(14)13-16/h7-8,13,17,19H,1-6,9-12H2. The van der Waals surface area contributed by atoms with Gasteiger partial charge in [-0.15, -0.1) is 0 Å². The molecule has 2 heteroatoms. The van der Waals surface area contributed by atoms with Crippen LogP contribution in [0.1, 0.15) is 54.8 Å². The van der Waals surface area contributed by atoms with Gasteiger partial charge in [0.2, 0.25) is 0 Å². The number of fused-ring (bicyclic) bond motifs is 1. The molecule has 0 amide bonds. The zero-order valence-electron chi connectivity index (χ0n) is 11.8. The van der Waals surface area contributed by atoms with Gasteiger partial charge in [0.25, 0.3) is 0 Å². The van der Waals surface area contributed by atoms with Crippen molar-refractivity contribution >= 4 is 0 Å². The van der Waals surface area contributed by atoms with Crippen molar-refractivity contribution in [3.63, 3.8) is 0 Å². The van der Waals surface area contributed by atoms with Crippen molar-refractivity contribution in [3.05, 3.63) is 34.9 Å². The van der Waals surface area contributed by atoms with Gasteiger partial charge in [-0.1, -0.05) is 18.2 Å². The second-order valence-corrected chi connectivity index (χ2v) is 6.01. The molecule has 1 heterocycles. The lowest BCUT2D eigenvalue weighted by Crippen LogP contribution is -2.26. The molecule has 1 saturated heterocycles. The fraction of sp³-hybridized carbons (Fsp3) is 0.647. The minimum Gasteiger partial charge on any atom is -0.396 e. The van der Waals surface area contributed by atoms with Gasteiger partial charge in [0, 0.05) is 12.6 Å². The Hall–Kier alpha value is -0.860. The Morgan fingerprint density at radius 1 is 1.00 bits per heavy atom. The molecule has 0 radical (unpaired) electrons. The maximum absolute atomic E-state index is 9.37. The van der Waals surface area contributed by atoms with E-state index in [4.69, 9.17) is 0 Å². The third-order valence-electron chi connectivity index (χ3n) is 4.74. The largest absolute Gasteiger partial charge is 0.396 e. The van der Waals surface area contributed by atoms with E-state index in [1.807, 2.05) is 0 Å². The van der Waals surface area contributed by atoms with E-state index in [1.54, 1.807) is 11.1 Å². The van der Waals surface area contributed by atoms with E-state index in [1.165, 1.54) is 57.2 Å². The van der Waals surface area contributed by atoms with Crippen LogP contribution in [0.3, 0.4) is 0 Å². The summed E-state index contributed by atoms with van der Waals surface area (Å²) in [6.07, 6.45) is 8.68. The van der Waals surface area contributed by atoms with Gasteiger partial charge in [0.15, 0.2) is 0 Å². The minimum absolute atomic E-state index is 0.290. The molecule has 0 bridgehead atoms. The first-order valence-corrected chi connectivity index (χ1v) is 7.85. The van der Waals surface area contributed by atoms with Crippen molar-refractivity contribution in [2.45, 2.75) is 51.0 Å². The average molecular weight is 259 g/mol. The Balaban J connectivity index is 1.84. The number of aryl methyl sites for hydroxylation is 2. The fourth-order valence-electron chi connectivity index (χ4n) is 3.70. The Kier molecular flexibility index (Phi) is 4.19. The molecule has 1 fully saturated rings. The first-order chi connectivity index (χ1) is 9.38. The summed E-state index contributed by atoms with van der Waals surface area (Å²) in [5.74, 6) is 0. The number of nitrogens with zero attached hydrogens (tertiary/aromatic N) is 1. The van der Waals surface area contributed by atoms with E-state index in [9.17, 15) is 5.11 Å². The van der Waals surface area contributed by atoms with Gasteiger partial charge in [-0.05, 0) is 74.7 Å². The van der Waals surface area contributed by atoms with Gasteiger partial charge >= 0.3 is 0 Å². The number of hydrogen-bond acceptors (Lipinski definition) is 2. The number of aliphatic hydroxyl groups excluding tert-OH is 1. The monoisotopic (exact) mass is 259 g/mol. The van der Waals surface area contributed by atoms with Crippen LogP contribution in [0.25, 0.3) is 0 Å². The first kappa shape index (κ1) is 13.1. The Bertz CT molecular complexity index is 423. The van der Waals surface area contributed by atoms with Crippen molar-refractivity contribution in [3.8, 4) is 0 Å². The van der Waals surface area contributed by atoms with Crippen LogP contribution in [0.2, 0.25) is 0 Å². The zero-order chi connectivity index (χ0) is 13.1. The molecule has 1 aliphatic carbocycles. The van der Waals surface area contributed by atoms with Crippen molar-refractivity contribution in [1.82, 2.24) is 4.90 Å². The smallest absolute Gasteiger partial charge is 0.0449 e. The van der Waals surface area contributed by atoms with Gasteiger partial charge in [0.05, 0.1) is 0 Å². The maximum atomic E-state index is 9.37. The van der Waals surface area contributed by atoms with E-state index >= 15 is 0 Å². The molecule has 2 aliphatic rings. The minimum atomic E-state index is 0.290. The highest BCUT2D eigenvalue weighted by molar-refractivity contribution is 5.35. The van der Waals surface area contributed by atoms with E-state index in [2.05, 4.69) is 23.1 Å². The van der Waals surface area contributed by atoms with Crippen LogP contribution in [0, 0.1) is 0 Å². The first-order valence-electron chi connectivity index (χ1n) is 7.85. The lowest BCUT2D eigenvalue weighted by atomic mass is 9.88. The molecule has 3 rings (SSSR count). The molecule has 1 atom stereocenters. The topological polar surface area (TPSA) is 23.5 Å². The highest BCUT2D eigenvalue weighted by Gasteiger charge is 2.23. The summed E-state index contributed by atoms with van der Waals surface area (Å²) in [6.45, 7) is 2.68. The van der Waals surface area contributed by atoms with Crippen LogP contribution in [0.4, 0.5) is 0 Å². The molecule has 2 nitrogen and oxygen atoms in total. The van der Waals surface area contributed by atoms with Crippen LogP contribution in [0.5, 0.6) is 0 Å². The number of benzene rings is 1. The molecule has 19 heavy (non-hydrogen) atoms. The van der Waals surface area contributed by atoms with Gasteiger partial charge < -0.3 is 5.11 Å². The van der Waals surface area contributed by atoms with Crippen molar-refractivity contribution < 1.29 is 5.11 Å². The lowest BCUT2D eigenvalue weighted by Gasteiger charge is -2.28. The molecular weight excluding hydrogens is 234 g/mol. The van der Waals surface area contributed by atoms with Crippen LogP contribution >= 0.6 is 0 Å². The van der Waals surface area contributed by atoms with E-state index in [0.29, 0.717) is 6.04 Å². The summed E-state index contributed by atoms with van der Waals surface area (Å²) < 4.78 is 0. The molecule has 0 saturated carbocycles. The summed E-state index contributed by atoms with van der Waals surface area (Å²) in [7, 11) is 0. The predicted octanol–water partition coefficient (Wildman–Crippen LogP) is 3.08. The molecule has 1 N–H and O–H groups in total. The second kappa shape index (κ2) is 6.06. The molecule has 0 spiro atoms. The zero-order valence-corrected chi connectivity index (χ0v) is 11.8. The van der Waals surface area contributed by atoms with E-state index in [0.717, 1.165) is 6.42 Å². The summed E-state index contributed by atoms with van der Waals surface area (Å²) in [4.78, 5) is 2.56. The van der Waals surface area contributed by atoms with Gasteiger partial charge in [0.1, 0.15) is 0 Å². The molecule has 1 unspecified atom stereocenters. The summed E-state index contributed by atoms with van der Waals surface area (Å²) in [5, 5.41) is 9.37. The van der Waals surface area contributed by atoms with Crippen molar-refractivity contribution in [2.24, 2.45) is 0 Å². The maximum Gasteiger partial charge on any atom is 0.0449 e. The van der Waals surface area contributed by atoms with Gasteiger partial charge in [-0.25, -0.2) is 0 Å². The summed E-state index contributed by atoms with van der Waals surface area (Å²) >= 11 is 0. The van der Waals surface area contributed by atoms with Crippen molar-refractivity contribution in [1.29, 1.82) is 0 Å². The highest BCUT2D eigenvalue weighted by atomic mass is 16.3. The highest BCUT2D eigenvalue weighted by Crippen LogP contribution is 2.31. The van der Waals surface area contributed by atoms with Crippen LogP contribution < -0.4 is 0 Å². The SMILES string of the molecule is OCCC(c1ccc2c(c1)CCCC2)N1CCCC1. The fourth-order valence-corrected chi connectivity index (χ4v) is 3.70. The van der Waals surface area contributed by atoms with Crippen LogP contribution in [-0.2, 0) is 12.8 Å². The Labute approximate surface area is 116 Å². The van der Waals surface area contributed by atoms with Crippen molar-refractivity contribution in [2.75, 3.05) is 19.7 Å². The quantitative estimate of drug-likeness (QED) is 0.898. The number of likely N-dealkylation sites (tertiary alicyclic amines) is 1.